The van der Waals surface area contributed by atoms with Gasteiger partial charge < -0.3 is 14.2 Å². The Morgan fingerprint density at radius 3 is 2.17 bits per heavy atom. The first-order valence-corrected chi connectivity index (χ1v) is 6.34. The summed E-state index contributed by atoms with van der Waals surface area (Å²) in [6, 6.07) is 2.17. The fourth-order valence-electron chi connectivity index (χ4n) is 1.93. The summed E-state index contributed by atoms with van der Waals surface area (Å²) in [5.41, 5.74) is 5.03. The van der Waals surface area contributed by atoms with Gasteiger partial charge in [-0.15, -0.1) is 0 Å². The van der Waals surface area contributed by atoms with Crippen molar-refractivity contribution in [2.75, 3.05) is 33.5 Å². The van der Waals surface area contributed by atoms with Crippen LogP contribution in [0.5, 0.6) is 5.75 Å². The molecular formula is C15H24O3. The van der Waals surface area contributed by atoms with Gasteiger partial charge in [-0.3, -0.25) is 0 Å². The number of ether oxygens (including phenoxy) is 3. The van der Waals surface area contributed by atoms with Gasteiger partial charge in [0, 0.05) is 7.11 Å². The van der Waals surface area contributed by atoms with Crippen molar-refractivity contribution in [3.63, 3.8) is 0 Å². The molecule has 0 fully saturated rings. The van der Waals surface area contributed by atoms with E-state index in [0.29, 0.717) is 26.4 Å². The fraction of sp³-hybridized carbons (Fsp3) is 0.600. The average molecular weight is 252 g/mol. The molecule has 0 bridgehead atoms. The molecule has 0 aliphatic carbocycles. The molecule has 3 heteroatoms. The molecule has 0 heterocycles. The highest BCUT2D eigenvalue weighted by atomic mass is 16.5. The molecule has 0 unspecified atom stereocenters. The lowest BCUT2D eigenvalue weighted by Gasteiger charge is -2.16. The number of hydrogen-bond acceptors (Lipinski definition) is 3. The normalized spacial score (nSPS) is 10.7. The number of hydrogen-bond donors (Lipinski definition) is 0. The van der Waals surface area contributed by atoms with Crippen LogP contribution in [0.1, 0.15) is 22.3 Å². The van der Waals surface area contributed by atoms with Gasteiger partial charge in [0.25, 0.3) is 0 Å². The van der Waals surface area contributed by atoms with Crippen molar-refractivity contribution < 1.29 is 14.2 Å². The highest BCUT2D eigenvalue weighted by Gasteiger charge is 2.08. The molecule has 0 aliphatic rings. The van der Waals surface area contributed by atoms with Gasteiger partial charge in [-0.25, -0.2) is 0 Å². The predicted octanol–water partition coefficient (Wildman–Crippen LogP) is 2.96. The van der Waals surface area contributed by atoms with Gasteiger partial charge in [-0.2, -0.15) is 0 Å². The third-order valence-corrected chi connectivity index (χ3v) is 3.19. The van der Waals surface area contributed by atoms with Crippen molar-refractivity contribution in [3.8, 4) is 5.75 Å². The van der Waals surface area contributed by atoms with Crippen molar-refractivity contribution in [1.82, 2.24) is 0 Å². The Bertz CT molecular complexity index is 386. The minimum absolute atomic E-state index is 0.577. The number of methoxy groups -OCH3 is 1. The quantitative estimate of drug-likeness (QED) is 0.698. The molecular weight excluding hydrogens is 228 g/mol. The summed E-state index contributed by atoms with van der Waals surface area (Å²) >= 11 is 0. The second kappa shape index (κ2) is 7.39. The van der Waals surface area contributed by atoms with Crippen LogP contribution in [0.15, 0.2) is 6.07 Å². The Kier molecular flexibility index (Phi) is 6.16. The SMILES string of the molecule is COCCOCCOc1c(C)cc(C)c(C)c1C. The minimum atomic E-state index is 0.577. The molecule has 0 aliphatic heterocycles. The number of aryl methyl sites for hydroxylation is 2. The van der Waals surface area contributed by atoms with E-state index < -0.39 is 0 Å². The molecule has 0 radical (unpaired) electrons. The smallest absolute Gasteiger partial charge is 0.125 e. The van der Waals surface area contributed by atoms with Crippen molar-refractivity contribution in [2.24, 2.45) is 0 Å². The van der Waals surface area contributed by atoms with E-state index in [1.165, 1.54) is 22.3 Å². The van der Waals surface area contributed by atoms with E-state index in [0.717, 1.165) is 5.75 Å². The summed E-state index contributed by atoms with van der Waals surface area (Å²) < 4.78 is 16.1. The Labute approximate surface area is 110 Å². The molecule has 0 amide bonds. The van der Waals surface area contributed by atoms with Gasteiger partial charge in [0.2, 0.25) is 0 Å². The first kappa shape index (κ1) is 15.0. The van der Waals surface area contributed by atoms with Crippen LogP contribution in [0.3, 0.4) is 0 Å². The lowest BCUT2D eigenvalue weighted by atomic mass is 10.00. The van der Waals surface area contributed by atoms with Gasteiger partial charge in [-0.1, -0.05) is 6.07 Å². The van der Waals surface area contributed by atoms with Crippen molar-refractivity contribution in [1.29, 1.82) is 0 Å². The van der Waals surface area contributed by atoms with E-state index in [2.05, 4.69) is 33.8 Å². The third-order valence-electron chi connectivity index (χ3n) is 3.19. The molecule has 0 N–H and O–H groups in total. The maximum absolute atomic E-state index is 5.82. The minimum Gasteiger partial charge on any atom is -0.491 e. The maximum atomic E-state index is 5.82. The van der Waals surface area contributed by atoms with Gasteiger partial charge in [0.15, 0.2) is 0 Å². The Morgan fingerprint density at radius 2 is 1.50 bits per heavy atom. The molecule has 3 nitrogen and oxygen atoms in total. The Balaban J connectivity index is 2.50. The molecule has 0 spiro atoms. The Hall–Kier alpha value is -1.06. The lowest BCUT2D eigenvalue weighted by Crippen LogP contribution is -2.11. The fourth-order valence-corrected chi connectivity index (χ4v) is 1.93. The second-order valence-corrected chi connectivity index (χ2v) is 4.54. The van der Waals surface area contributed by atoms with Crippen LogP contribution in [0.25, 0.3) is 0 Å². The third kappa shape index (κ3) is 4.00. The van der Waals surface area contributed by atoms with E-state index in [-0.39, 0.29) is 0 Å². The van der Waals surface area contributed by atoms with Crippen LogP contribution in [0, 0.1) is 27.7 Å². The van der Waals surface area contributed by atoms with Crippen LogP contribution in [-0.2, 0) is 9.47 Å². The average Bonchev–Trinajstić information content (AvgIpc) is 2.34. The highest BCUT2D eigenvalue weighted by molar-refractivity contribution is 5.48. The second-order valence-electron chi connectivity index (χ2n) is 4.54. The standard InChI is InChI=1S/C15H24O3/c1-11-10-12(2)15(14(4)13(11)3)18-9-8-17-7-6-16-5/h10H,6-9H2,1-5H3. The molecule has 1 rings (SSSR count). The van der Waals surface area contributed by atoms with Gasteiger partial charge >= 0.3 is 0 Å². The zero-order chi connectivity index (χ0) is 13.5. The van der Waals surface area contributed by atoms with E-state index >= 15 is 0 Å². The van der Waals surface area contributed by atoms with E-state index in [9.17, 15) is 0 Å². The number of rotatable bonds is 7. The molecule has 102 valence electrons. The predicted molar refractivity (Wildman–Crippen MR) is 73.6 cm³/mol. The molecule has 1 aromatic rings. The molecule has 0 aromatic heterocycles. The zero-order valence-electron chi connectivity index (χ0n) is 12.1. The van der Waals surface area contributed by atoms with Crippen LogP contribution in [0.2, 0.25) is 0 Å². The van der Waals surface area contributed by atoms with Crippen LogP contribution in [0.4, 0.5) is 0 Å². The molecule has 0 saturated carbocycles. The Morgan fingerprint density at radius 1 is 0.833 bits per heavy atom. The molecule has 1 aromatic carbocycles. The summed E-state index contributed by atoms with van der Waals surface area (Å²) in [6.45, 7) is 10.9. The van der Waals surface area contributed by atoms with Crippen LogP contribution in [-0.4, -0.2) is 33.5 Å². The van der Waals surface area contributed by atoms with E-state index in [4.69, 9.17) is 14.2 Å². The zero-order valence-corrected chi connectivity index (χ0v) is 12.1. The van der Waals surface area contributed by atoms with Crippen LogP contribution < -0.4 is 4.74 Å². The lowest BCUT2D eigenvalue weighted by molar-refractivity contribution is 0.0542. The summed E-state index contributed by atoms with van der Waals surface area (Å²) in [5, 5.41) is 0. The topological polar surface area (TPSA) is 27.7 Å². The number of benzene rings is 1. The van der Waals surface area contributed by atoms with E-state index in [1.807, 2.05) is 0 Å². The summed E-state index contributed by atoms with van der Waals surface area (Å²) in [5.74, 6) is 0.994. The maximum Gasteiger partial charge on any atom is 0.125 e. The molecule has 0 atom stereocenters. The molecule has 18 heavy (non-hydrogen) atoms. The van der Waals surface area contributed by atoms with Gasteiger partial charge in [0.05, 0.1) is 19.8 Å². The summed E-state index contributed by atoms with van der Waals surface area (Å²) in [6.07, 6.45) is 0. The summed E-state index contributed by atoms with van der Waals surface area (Å²) in [7, 11) is 1.67. The van der Waals surface area contributed by atoms with Gasteiger partial charge in [-0.05, 0) is 49.9 Å². The monoisotopic (exact) mass is 252 g/mol. The summed E-state index contributed by atoms with van der Waals surface area (Å²) in [4.78, 5) is 0. The van der Waals surface area contributed by atoms with Crippen molar-refractivity contribution >= 4 is 0 Å². The largest absolute Gasteiger partial charge is 0.491 e. The van der Waals surface area contributed by atoms with Crippen molar-refractivity contribution in [2.45, 2.75) is 27.7 Å². The first-order chi connectivity index (χ1) is 8.57. The highest BCUT2D eigenvalue weighted by Crippen LogP contribution is 2.28. The van der Waals surface area contributed by atoms with E-state index in [1.54, 1.807) is 7.11 Å². The van der Waals surface area contributed by atoms with Gasteiger partial charge in [0.1, 0.15) is 12.4 Å². The molecule has 0 saturated heterocycles. The van der Waals surface area contributed by atoms with Crippen molar-refractivity contribution in [3.05, 3.63) is 28.3 Å². The van der Waals surface area contributed by atoms with Crippen LogP contribution >= 0.6 is 0 Å². The first-order valence-electron chi connectivity index (χ1n) is 6.34.